The van der Waals surface area contributed by atoms with E-state index < -0.39 is 5.54 Å². The number of rotatable bonds is 4. The van der Waals surface area contributed by atoms with Crippen molar-refractivity contribution in [2.24, 2.45) is 0 Å². The van der Waals surface area contributed by atoms with Crippen molar-refractivity contribution in [2.75, 3.05) is 0 Å². The van der Waals surface area contributed by atoms with Gasteiger partial charge in [0.05, 0.1) is 21.9 Å². The molecule has 0 radical (unpaired) electrons. The number of nitrogens with one attached hydrogen (secondary N) is 1. The highest BCUT2D eigenvalue weighted by Crippen LogP contribution is 2.30. The minimum absolute atomic E-state index is 0.0808. The molecule has 1 aromatic heterocycles. The fourth-order valence-corrected chi connectivity index (χ4v) is 4.50. The quantitative estimate of drug-likeness (QED) is 0.797. The summed E-state index contributed by atoms with van der Waals surface area (Å²) in [6, 6.07) is 10.6. The van der Waals surface area contributed by atoms with Crippen LogP contribution in [0.5, 0.6) is 0 Å². The second-order valence-corrected chi connectivity index (χ2v) is 8.61. The number of carbonyl (C=O) groups excluding carboxylic acids is 1. The summed E-state index contributed by atoms with van der Waals surface area (Å²) in [7, 11) is 0. The first-order chi connectivity index (χ1) is 12.4. The van der Waals surface area contributed by atoms with Gasteiger partial charge in [-0.1, -0.05) is 49.2 Å². The van der Waals surface area contributed by atoms with E-state index in [0.29, 0.717) is 0 Å². The van der Waals surface area contributed by atoms with Gasteiger partial charge in [0.15, 0.2) is 0 Å². The molecule has 1 fully saturated rings. The van der Waals surface area contributed by atoms with Gasteiger partial charge in [-0.15, -0.1) is 0 Å². The Labute approximate surface area is 159 Å². The van der Waals surface area contributed by atoms with Crippen LogP contribution in [0.4, 0.5) is 0 Å². The summed E-state index contributed by atoms with van der Waals surface area (Å²) in [4.78, 5) is 17.4. The number of thioether (sulfide) groups is 1. The van der Waals surface area contributed by atoms with Gasteiger partial charge < -0.3 is 5.32 Å². The van der Waals surface area contributed by atoms with Crippen LogP contribution in [-0.4, -0.2) is 21.7 Å². The molecule has 2 aromatic rings. The fourth-order valence-electron chi connectivity index (χ4n) is 3.58. The van der Waals surface area contributed by atoms with Crippen molar-refractivity contribution in [2.45, 2.75) is 68.7 Å². The van der Waals surface area contributed by atoms with E-state index in [-0.39, 0.29) is 11.2 Å². The third-order valence-electron chi connectivity index (χ3n) is 5.17. The Kier molecular flexibility index (Phi) is 5.52. The molecule has 1 heterocycles. The van der Waals surface area contributed by atoms with E-state index in [4.69, 9.17) is 4.98 Å². The number of hydrogen-bond donors (Lipinski definition) is 1. The fraction of sp³-hybridized carbons (Fsp3) is 0.476. The zero-order valence-electron chi connectivity index (χ0n) is 15.6. The first kappa shape index (κ1) is 18.7. The summed E-state index contributed by atoms with van der Waals surface area (Å²) < 4.78 is 0. The minimum atomic E-state index is -0.687. The molecule has 1 N–H and O–H groups in total. The molecule has 5 heteroatoms. The van der Waals surface area contributed by atoms with Crippen molar-refractivity contribution in [1.82, 2.24) is 10.3 Å². The largest absolute Gasteiger partial charge is 0.337 e. The number of amides is 1. The SMILES string of the molecule is Cc1cc(S[C@H](C)C(=O)NC2(C#N)CCCCC2)nc2c(C)cccc12. The standard InChI is InChI=1S/C21H25N3OS/c1-14-8-7-9-17-15(2)12-18(23-19(14)17)26-16(3)20(25)24-21(13-22)10-5-4-6-11-21/h7-9,12,16H,4-6,10-11H2,1-3H3,(H,24,25)/t16-/m1/s1. The molecule has 3 rings (SSSR count). The average Bonchev–Trinajstić information content (AvgIpc) is 2.63. The van der Waals surface area contributed by atoms with E-state index in [9.17, 15) is 10.1 Å². The van der Waals surface area contributed by atoms with Crippen LogP contribution in [0.3, 0.4) is 0 Å². The lowest BCUT2D eigenvalue weighted by Gasteiger charge is -2.32. The summed E-state index contributed by atoms with van der Waals surface area (Å²) in [5, 5.41) is 14.3. The van der Waals surface area contributed by atoms with E-state index in [1.807, 2.05) is 19.1 Å². The first-order valence-corrected chi connectivity index (χ1v) is 10.1. The molecular formula is C21H25N3OS. The monoisotopic (exact) mass is 367 g/mol. The lowest BCUT2D eigenvalue weighted by molar-refractivity contribution is -0.121. The molecule has 1 aromatic carbocycles. The smallest absolute Gasteiger partial charge is 0.234 e. The Morgan fingerprint density at radius 3 is 2.69 bits per heavy atom. The van der Waals surface area contributed by atoms with Gasteiger partial charge in [0, 0.05) is 5.39 Å². The number of benzene rings is 1. The van der Waals surface area contributed by atoms with Crippen LogP contribution < -0.4 is 5.32 Å². The molecular weight excluding hydrogens is 342 g/mol. The van der Waals surface area contributed by atoms with Gasteiger partial charge in [0.2, 0.25) is 5.91 Å². The van der Waals surface area contributed by atoms with Gasteiger partial charge in [-0.3, -0.25) is 4.79 Å². The van der Waals surface area contributed by atoms with Gasteiger partial charge >= 0.3 is 0 Å². The predicted octanol–water partition coefficient (Wildman–Crippen LogP) is 4.67. The summed E-state index contributed by atoms with van der Waals surface area (Å²) in [5.74, 6) is -0.0808. The zero-order valence-corrected chi connectivity index (χ0v) is 16.4. The van der Waals surface area contributed by atoms with Crippen molar-refractivity contribution in [1.29, 1.82) is 5.26 Å². The summed E-state index contributed by atoms with van der Waals surface area (Å²) in [6.45, 7) is 6.01. The van der Waals surface area contributed by atoms with Crippen LogP contribution in [0, 0.1) is 25.2 Å². The molecule has 0 saturated heterocycles. The van der Waals surface area contributed by atoms with Crippen molar-refractivity contribution < 1.29 is 4.79 Å². The van der Waals surface area contributed by atoms with Gasteiger partial charge in [0.25, 0.3) is 0 Å². The number of aryl methyl sites for hydroxylation is 2. The highest BCUT2D eigenvalue weighted by molar-refractivity contribution is 8.00. The molecule has 136 valence electrons. The number of aromatic nitrogens is 1. The molecule has 0 unspecified atom stereocenters. The highest BCUT2D eigenvalue weighted by Gasteiger charge is 2.34. The van der Waals surface area contributed by atoms with Crippen molar-refractivity contribution in [3.63, 3.8) is 0 Å². The Morgan fingerprint density at radius 1 is 1.27 bits per heavy atom. The van der Waals surface area contributed by atoms with Crippen LogP contribution in [0.25, 0.3) is 10.9 Å². The van der Waals surface area contributed by atoms with Gasteiger partial charge in [-0.2, -0.15) is 5.26 Å². The normalized spacial score (nSPS) is 17.5. The summed E-state index contributed by atoms with van der Waals surface area (Å²) in [5.41, 5.74) is 2.60. The predicted molar refractivity (Wildman–Crippen MR) is 106 cm³/mol. The second kappa shape index (κ2) is 7.67. The highest BCUT2D eigenvalue weighted by atomic mass is 32.2. The molecule has 1 saturated carbocycles. The molecule has 0 aliphatic heterocycles. The van der Waals surface area contributed by atoms with Crippen molar-refractivity contribution in [3.05, 3.63) is 35.4 Å². The number of nitriles is 1. The number of carbonyl (C=O) groups is 1. The third kappa shape index (κ3) is 3.86. The van der Waals surface area contributed by atoms with Gasteiger partial charge in [-0.05, 0) is 50.8 Å². The summed E-state index contributed by atoms with van der Waals surface area (Å²) >= 11 is 1.45. The zero-order chi connectivity index (χ0) is 18.7. The number of nitrogens with zero attached hydrogens (tertiary/aromatic N) is 2. The van der Waals surface area contributed by atoms with Crippen LogP contribution >= 0.6 is 11.8 Å². The molecule has 0 bridgehead atoms. The molecule has 1 aliphatic carbocycles. The van der Waals surface area contributed by atoms with Crippen LogP contribution in [0.1, 0.15) is 50.2 Å². The maximum absolute atomic E-state index is 12.7. The van der Waals surface area contributed by atoms with E-state index >= 15 is 0 Å². The van der Waals surface area contributed by atoms with Gasteiger partial charge in [0.1, 0.15) is 5.54 Å². The second-order valence-electron chi connectivity index (χ2n) is 7.25. The molecule has 1 aliphatic rings. The lowest BCUT2D eigenvalue weighted by Crippen LogP contribution is -2.50. The van der Waals surface area contributed by atoms with Crippen LogP contribution in [0.15, 0.2) is 29.3 Å². The van der Waals surface area contributed by atoms with Crippen LogP contribution in [-0.2, 0) is 4.79 Å². The minimum Gasteiger partial charge on any atom is -0.337 e. The lowest BCUT2D eigenvalue weighted by atomic mass is 9.83. The molecule has 0 spiro atoms. The van der Waals surface area contributed by atoms with Crippen molar-refractivity contribution in [3.8, 4) is 6.07 Å². The Bertz CT molecular complexity index is 865. The first-order valence-electron chi connectivity index (χ1n) is 9.21. The van der Waals surface area contributed by atoms with E-state index in [1.54, 1.807) is 0 Å². The number of para-hydroxylation sites is 1. The molecule has 26 heavy (non-hydrogen) atoms. The Morgan fingerprint density at radius 2 is 2.00 bits per heavy atom. The van der Waals surface area contributed by atoms with Crippen molar-refractivity contribution >= 4 is 28.6 Å². The van der Waals surface area contributed by atoms with E-state index in [0.717, 1.165) is 59.2 Å². The third-order valence-corrected chi connectivity index (χ3v) is 6.19. The topological polar surface area (TPSA) is 65.8 Å². The average molecular weight is 368 g/mol. The van der Waals surface area contributed by atoms with Gasteiger partial charge in [-0.25, -0.2) is 4.98 Å². The molecule has 1 atom stereocenters. The summed E-state index contributed by atoms with van der Waals surface area (Å²) in [6.07, 6.45) is 4.64. The molecule has 4 nitrogen and oxygen atoms in total. The Balaban J connectivity index is 1.76. The van der Waals surface area contributed by atoms with E-state index in [1.165, 1.54) is 11.8 Å². The molecule has 1 amide bonds. The number of hydrogen-bond acceptors (Lipinski definition) is 4. The Hall–Kier alpha value is -2.06. The number of fused-ring (bicyclic) bond motifs is 1. The van der Waals surface area contributed by atoms with Crippen LogP contribution in [0.2, 0.25) is 0 Å². The maximum Gasteiger partial charge on any atom is 0.234 e. The van der Waals surface area contributed by atoms with E-state index in [2.05, 4.69) is 37.4 Å². The maximum atomic E-state index is 12.7. The number of pyridine rings is 1.